The second-order valence-corrected chi connectivity index (χ2v) is 4.20. The number of hydrogen-bond donors (Lipinski definition) is 0. The Morgan fingerprint density at radius 3 is 2.77 bits per heavy atom. The highest BCUT2D eigenvalue weighted by Gasteiger charge is 2.14. The van der Waals surface area contributed by atoms with Gasteiger partial charge in [0.25, 0.3) is 0 Å². The van der Waals surface area contributed by atoms with E-state index in [9.17, 15) is 0 Å². The molecule has 1 aliphatic rings. The van der Waals surface area contributed by atoms with Crippen LogP contribution in [0.4, 0.5) is 0 Å². The number of rotatable bonds is 3. The quantitative estimate of drug-likeness (QED) is 0.635. The maximum absolute atomic E-state index is 4.21. The molecule has 0 fully saturated rings. The summed E-state index contributed by atoms with van der Waals surface area (Å²) in [6.45, 7) is 9.56. The van der Waals surface area contributed by atoms with Gasteiger partial charge in [0.05, 0.1) is 12.3 Å². The normalized spacial score (nSPS) is 17.8. The molecule has 0 N–H and O–H groups in total. The van der Waals surface area contributed by atoms with Gasteiger partial charge in [-0.2, -0.15) is 0 Å². The fourth-order valence-electron chi connectivity index (χ4n) is 1.28. The highest BCUT2D eigenvalue weighted by molar-refractivity contribution is 6.07. The van der Waals surface area contributed by atoms with Crippen molar-refractivity contribution in [3.05, 3.63) is 11.6 Å². The molecule has 2 heteroatoms. The molecule has 0 amide bonds. The minimum absolute atomic E-state index is 0.273. The lowest BCUT2D eigenvalue weighted by Crippen LogP contribution is -2.10. The first-order chi connectivity index (χ1) is 6.05. The first-order valence-corrected chi connectivity index (χ1v) is 4.80. The molecule has 0 aromatic carbocycles. The van der Waals surface area contributed by atoms with E-state index in [1.54, 1.807) is 6.34 Å². The molecule has 0 atom stereocenters. The first-order valence-electron chi connectivity index (χ1n) is 4.80. The van der Waals surface area contributed by atoms with Crippen molar-refractivity contribution in [2.24, 2.45) is 15.4 Å². The summed E-state index contributed by atoms with van der Waals surface area (Å²) in [5, 5.41) is 0. The van der Waals surface area contributed by atoms with Gasteiger partial charge in [-0.15, -0.1) is 0 Å². The van der Waals surface area contributed by atoms with Crippen LogP contribution in [0.1, 0.15) is 34.1 Å². The molecule has 1 heterocycles. The van der Waals surface area contributed by atoms with E-state index in [0.29, 0.717) is 0 Å². The summed E-state index contributed by atoms with van der Waals surface area (Å²) in [6.07, 6.45) is 5.09. The molecule has 13 heavy (non-hydrogen) atoms. The average Bonchev–Trinajstić information content (AvgIpc) is 2.55. The standard InChI is InChI=1S/C11H18N2/c1-5-11(3,4)6-9(2)10-7-12-8-13-10/h6,8H,5,7H2,1-4H3/b9-6+. The van der Waals surface area contributed by atoms with Gasteiger partial charge in [0.1, 0.15) is 6.34 Å². The highest BCUT2D eigenvalue weighted by atomic mass is 14.9. The summed E-state index contributed by atoms with van der Waals surface area (Å²) < 4.78 is 0. The van der Waals surface area contributed by atoms with Crippen molar-refractivity contribution in [1.82, 2.24) is 0 Å². The molecule has 2 nitrogen and oxygen atoms in total. The number of hydrogen-bond acceptors (Lipinski definition) is 2. The summed E-state index contributed by atoms with van der Waals surface area (Å²) in [5.74, 6) is 0. The lowest BCUT2D eigenvalue weighted by molar-refractivity contribution is 0.460. The van der Waals surface area contributed by atoms with Crippen molar-refractivity contribution in [1.29, 1.82) is 0 Å². The van der Waals surface area contributed by atoms with Gasteiger partial charge in [0.15, 0.2) is 0 Å². The molecule has 0 spiro atoms. The maximum atomic E-state index is 4.21. The lowest BCUT2D eigenvalue weighted by Gasteiger charge is -2.18. The smallest absolute Gasteiger partial charge is 0.110 e. The molecule has 0 aromatic rings. The van der Waals surface area contributed by atoms with Crippen molar-refractivity contribution < 1.29 is 0 Å². The molecule has 1 aliphatic heterocycles. The zero-order valence-electron chi connectivity index (χ0n) is 8.96. The van der Waals surface area contributed by atoms with Crippen LogP contribution in [0.5, 0.6) is 0 Å². The van der Waals surface area contributed by atoms with Crippen LogP contribution in [-0.4, -0.2) is 18.6 Å². The largest absolute Gasteiger partial charge is 0.267 e. The summed E-state index contributed by atoms with van der Waals surface area (Å²) >= 11 is 0. The third-order valence-corrected chi connectivity index (χ3v) is 2.51. The van der Waals surface area contributed by atoms with Crippen molar-refractivity contribution in [2.75, 3.05) is 6.54 Å². The molecule has 0 radical (unpaired) electrons. The summed E-state index contributed by atoms with van der Waals surface area (Å²) in [6, 6.07) is 0. The SMILES string of the molecule is CCC(C)(C)/C=C(\C)C1=NC=NC1. The van der Waals surface area contributed by atoms with Gasteiger partial charge in [0.2, 0.25) is 0 Å². The van der Waals surface area contributed by atoms with E-state index in [-0.39, 0.29) is 5.41 Å². The van der Waals surface area contributed by atoms with Crippen LogP contribution < -0.4 is 0 Å². The van der Waals surface area contributed by atoms with Gasteiger partial charge >= 0.3 is 0 Å². The monoisotopic (exact) mass is 178 g/mol. The van der Waals surface area contributed by atoms with Crippen LogP contribution in [0.2, 0.25) is 0 Å². The Bertz CT molecular complexity index is 270. The third-order valence-electron chi connectivity index (χ3n) is 2.51. The zero-order chi connectivity index (χ0) is 9.90. The maximum Gasteiger partial charge on any atom is 0.110 e. The van der Waals surface area contributed by atoms with E-state index in [1.165, 1.54) is 5.57 Å². The number of nitrogens with zero attached hydrogens (tertiary/aromatic N) is 2. The first kappa shape index (κ1) is 10.2. The fraction of sp³-hybridized carbons (Fsp3) is 0.636. The Morgan fingerprint density at radius 1 is 1.62 bits per heavy atom. The van der Waals surface area contributed by atoms with Crippen molar-refractivity contribution >= 4 is 12.1 Å². The highest BCUT2D eigenvalue weighted by Crippen LogP contribution is 2.23. The number of allylic oxidation sites excluding steroid dienone is 1. The van der Waals surface area contributed by atoms with Gasteiger partial charge in [-0.1, -0.05) is 26.8 Å². The van der Waals surface area contributed by atoms with Gasteiger partial charge < -0.3 is 0 Å². The van der Waals surface area contributed by atoms with Crippen LogP contribution in [0.15, 0.2) is 21.6 Å². The fourth-order valence-corrected chi connectivity index (χ4v) is 1.28. The minimum Gasteiger partial charge on any atom is -0.267 e. The predicted octanol–water partition coefficient (Wildman–Crippen LogP) is 2.85. The van der Waals surface area contributed by atoms with E-state index in [0.717, 1.165) is 18.7 Å². The van der Waals surface area contributed by atoms with E-state index in [2.05, 4.69) is 43.8 Å². The topological polar surface area (TPSA) is 24.7 Å². The second-order valence-electron chi connectivity index (χ2n) is 4.20. The molecule has 0 aliphatic carbocycles. The summed E-state index contributed by atoms with van der Waals surface area (Å²) in [5.41, 5.74) is 2.65. The Morgan fingerprint density at radius 2 is 2.31 bits per heavy atom. The molecule has 0 saturated carbocycles. The van der Waals surface area contributed by atoms with E-state index < -0.39 is 0 Å². The molecule has 0 saturated heterocycles. The van der Waals surface area contributed by atoms with Crippen LogP contribution in [-0.2, 0) is 0 Å². The predicted molar refractivity (Wildman–Crippen MR) is 58.6 cm³/mol. The molecular formula is C11H18N2. The van der Waals surface area contributed by atoms with Gasteiger partial charge in [-0.25, -0.2) is 4.99 Å². The Labute approximate surface area is 80.5 Å². The molecule has 0 bridgehead atoms. The summed E-state index contributed by atoms with van der Waals surface area (Å²) in [4.78, 5) is 8.28. The minimum atomic E-state index is 0.273. The molecule has 1 rings (SSSR count). The van der Waals surface area contributed by atoms with Crippen LogP contribution in [0.3, 0.4) is 0 Å². The van der Waals surface area contributed by atoms with Crippen LogP contribution in [0, 0.1) is 5.41 Å². The van der Waals surface area contributed by atoms with E-state index >= 15 is 0 Å². The van der Waals surface area contributed by atoms with Crippen molar-refractivity contribution in [3.8, 4) is 0 Å². The third kappa shape index (κ3) is 2.79. The van der Waals surface area contributed by atoms with Gasteiger partial charge in [-0.05, 0) is 24.3 Å². The van der Waals surface area contributed by atoms with Gasteiger partial charge in [0, 0.05) is 0 Å². The molecule has 0 aromatic heterocycles. The van der Waals surface area contributed by atoms with Crippen molar-refractivity contribution in [2.45, 2.75) is 34.1 Å². The summed E-state index contributed by atoms with van der Waals surface area (Å²) in [7, 11) is 0. The Hall–Kier alpha value is -0.920. The van der Waals surface area contributed by atoms with Gasteiger partial charge in [-0.3, -0.25) is 4.99 Å². The van der Waals surface area contributed by atoms with Crippen LogP contribution in [0.25, 0.3) is 0 Å². The van der Waals surface area contributed by atoms with E-state index in [1.807, 2.05) is 0 Å². The molecule has 72 valence electrons. The molecular weight excluding hydrogens is 160 g/mol. The number of aliphatic imine (C=N–C) groups is 2. The Kier molecular flexibility index (Phi) is 3.02. The second kappa shape index (κ2) is 3.86. The zero-order valence-corrected chi connectivity index (χ0v) is 8.96. The Balaban J connectivity index is 2.71. The van der Waals surface area contributed by atoms with Crippen LogP contribution >= 0.6 is 0 Å². The average molecular weight is 178 g/mol. The van der Waals surface area contributed by atoms with E-state index in [4.69, 9.17) is 0 Å². The van der Waals surface area contributed by atoms with Crippen molar-refractivity contribution in [3.63, 3.8) is 0 Å². The lowest BCUT2D eigenvalue weighted by atomic mass is 9.87. The molecule has 0 unspecified atom stereocenters.